The second-order valence-electron chi connectivity index (χ2n) is 4.21. The number of carboxylic acids is 1. The summed E-state index contributed by atoms with van der Waals surface area (Å²) >= 11 is 0. The number of benzene rings is 1. The van der Waals surface area contributed by atoms with Gasteiger partial charge >= 0.3 is 5.97 Å². The molecule has 1 N–H and O–H groups in total. The van der Waals surface area contributed by atoms with Gasteiger partial charge in [0.15, 0.2) is 0 Å². The van der Waals surface area contributed by atoms with E-state index in [0.29, 0.717) is 5.56 Å². The van der Waals surface area contributed by atoms with Crippen molar-refractivity contribution < 1.29 is 14.3 Å². The van der Waals surface area contributed by atoms with E-state index in [1.54, 1.807) is 13.0 Å². The van der Waals surface area contributed by atoms with E-state index in [9.17, 15) is 14.0 Å². The number of aromatic carboxylic acids is 1. The summed E-state index contributed by atoms with van der Waals surface area (Å²) in [7, 11) is 0. The van der Waals surface area contributed by atoms with Crippen LogP contribution in [0.1, 0.15) is 21.6 Å². The smallest absolute Gasteiger partial charge is 0.352 e. The maximum atomic E-state index is 13.2. The third-order valence-corrected chi connectivity index (χ3v) is 2.91. The van der Waals surface area contributed by atoms with Crippen LogP contribution in [0.2, 0.25) is 0 Å². The molecule has 1 aromatic carbocycles. The molecule has 1 heterocycles. The molecular formula is C14H12FNO3. The van der Waals surface area contributed by atoms with Gasteiger partial charge in [0.1, 0.15) is 11.5 Å². The summed E-state index contributed by atoms with van der Waals surface area (Å²) in [6.45, 7) is 1.81. The normalized spacial score (nSPS) is 10.4. The van der Waals surface area contributed by atoms with Crippen molar-refractivity contribution in [1.82, 2.24) is 4.57 Å². The van der Waals surface area contributed by atoms with Crippen LogP contribution in [-0.2, 0) is 6.54 Å². The minimum Gasteiger partial charge on any atom is -0.477 e. The Balaban J connectivity index is 2.52. The summed E-state index contributed by atoms with van der Waals surface area (Å²) in [6, 6.07) is 8.24. The maximum Gasteiger partial charge on any atom is 0.352 e. The first-order valence-electron chi connectivity index (χ1n) is 5.67. The molecule has 1 aromatic heterocycles. The first kappa shape index (κ1) is 13.0. The van der Waals surface area contributed by atoms with Gasteiger partial charge in [0.2, 0.25) is 0 Å². The van der Waals surface area contributed by atoms with E-state index >= 15 is 0 Å². The standard InChI is InChI=1S/C14H12FNO3/c1-9-5-6-11(15)7-10(9)8-16-12(14(18)19)3-2-4-13(16)17/h2-7H,8H2,1H3,(H,18,19). The van der Waals surface area contributed by atoms with E-state index in [4.69, 9.17) is 5.11 Å². The summed E-state index contributed by atoms with van der Waals surface area (Å²) in [5.41, 5.74) is 0.837. The third kappa shape index (κ3) is 2.70. The second kappa shape index (κ2) is 5.06. The van der Waals surface area contributed by atoms with E-state index in [1.165, 1.54) is 30.3 Å². The lowest BCUT2D eigenvalue weighted by atomic mass is 10.1. The monoisotopic (exact) mass is 261 g/mol. The zero-order valence-corrected chi connectivity index (χ0v) is 10.3. The number of halogens is 1. The fourth-order valence-corrected chi connectivity index (χ4v) is 1.85. The Kier molecular flexibility index (Phi) is 3.46. The van der Waals surface area contributed by atoms with Crippen LogP contribution in [0.4, 0.5) is 4.39 Å². The molecule has 0 radical (unpaired) electrons. The Hall–Kier alpha value is -2.43. The molecule has 0 saturated carbocycles. The predicted octanol–water partition coefficient (Wildman–Crippen LogP) is 2.04. The SMILES string of the molecule is Cc1ccc(F)cc1Cn1c(C(=O)O)cccc1=O. The van der Waals surface area contributed by atoms with Crippen molar-refractivity contribution in [3.05, 3.63) is 69.4 Å². The highest BCUT2D eigenvalue weighted by molar-refractivity contribution is 5.85. The summed E-state index contributed by atoms with van der Waals surface area (Å²) < 4.78 is 14.3. The Morgan fingerprint density at radius 2 is 2.05 bits per heavy atom. The topological polar surface area (TPSA) is 59.3 Å². The number of pyridine rings is 1. The number of rotatable bonds is 3. The number of aromatic nitrogens is 1. The van der Waals surface area contributed by atoms with E-state index in [-0.39, 0.29) is 12.2 Å². The van der Waals surface area contributed by atoms with Gasteiger partial charge < -0.3 is 5.11 Å². The molecular weight excluding hydrogens is 249 g/mol. The van der Waals surface area contributed by atoms with E-state index in [1.807, 2.05) is 0 Å². The largest absolute Gasteiger partial charge is 0.477 e. The minimum absolute atomic E-state index is 0.0326. The Labute approximate surface area is 108 Å². The van der Waals surface area contributed by atoms with Crippen LogP contribution in [0.3, 0.4) is 0 Å². The highest BCUT2D eigenvalue weighted by Gasteiger charge is 2.12. The van der Waals surface area contributed by atoms with Crippen molar-refractivity contribution in [1.29, 1.82) is 0 Å². The highest BCUT2D eigenvalue weighted by Crippen LogP contribution is 2.12. The molecule has 0 atom stereocenters. The maximum absolute atomic E-state index is 13.2. The van der Waals surface area contributed by atoms with Crippen LogP contribution in [-0.4, -0.2) is 15.6 Å². The summed E-state index contributed by atoms with van der Waals surface area (Å²) in [5, 5.41) is 9.06. The Morgan fingerprint density at radius 3 is 2.74 bits per heavy atom. The van der Waals surface area contributed by atoms with Gasteiger partial charge in [-0.3, -0.25) is 9.36 Å². The van der Waals surface area contributed by atoms with Crippen LogP contribution >= 0.6 is 0 Å². The molecule has 4 nitrogen and oxygen atoms in total. The van der Waals surface area contributed by atoms with Crippen LogP contribution in [0.25, 0.3) is 0 Å². The molecule has 5 heteroatoms. The van der Waals surface area contributed by atoms with Gasteiger partial charge in [-0.25, -0.2) is 9.18 Å². The number of carbonyl (C=O) groups is 1. The molecule has 2 aromatic rings. The van der Waals surface area contributed by atoms with Crippen LogP contribution in [0.5, 0.6) is 0 Å². The number of aryl methyl sites for hydroxylation is 1. The fraction of sp³-hybridized carbons (Fsp3) is 0.143. The molecule has 0 spiro atoms. The van der Waals surface area contributed by atoms with Gasteiger partial charge in [-0.1, -0.05) is 12.1 Å². The van der Waals surface area contributed by atoms with Crippen molar-refractivity contribution in [2.45, 2.75) is 13.5 Å². The van der Waals surface area contributed by atoms with E-state index in [0.717, 1.165) is 10.1 Å². The predicted molar refractivity (Wildman–Crippen MR) is 67.9 cm³/mol. The Bertz CT molecular complexity index is 691. The average Bonchev–Trinajstić information content (AvgIpc) is 2.35. The second-order valence-corrected chi connectivity index (χ2v) is 4.21. The van der Waals surface area contributed by atoms with Gasteiger partial charge in [-0.15, -0.1) is 0 Å². The first-order valence-corrected chi connectivity index (χ1v) is 5.67. The van der Waals surface area contributed by atoms with Crippen molar-refractivity contribution in [2.24, 2.45) is 0 Å². The Morgan fingerprint density at radius 1 is 1.32 bits per heavy atom. The lowest BCUT2D eigenvalue weighted by Crippen LogP contribution is -2.25. The van der Waals surface area contributed by atoms with Crippen molar-refractivity contribution >= 4 is 5.97 Å². The van der Waals surface area contributed by atoms with Gasteiger partial charge in [0.05, 0.1) is 6.54 Å². The highest BCUT2D eigenvalue weighted by atomic mass is 19.1. The molecule has 0 aliphatic rings. The molecule has 19 heavy (non-hydrogen) atoms. The third-order valence-electron chi connectivity index (χ3n) is 2.91. The zero-order chi connectivity index (χ0) is 14.0. The summed E-state index contributed by atoms with van der Waals surface area (Å²) in [4.78, 5) is 22.8. The van der Waals surface area contributed by atoms with Gasteiger partial charge in [0, 0.05) is 6.07 Å². The molecule has 0 amide bonds. The average molecular weight is 261 g/mol. The zero-order valence-electron chi connectivity index (χ0n) is 10.3. The molecule has 2 rings (SSSR count). The van der Waals surface area contributed by atoms with Crippen LogP contribution in [0.15, 0.2) is 41.2 Å². The molecule has 0 unspecified atom stereocenters. The molecule has 0 fully saturated rings. The number of nitrogens with zero attached hydrogens (tertiary/aromatic N) is 1. The molecule has 0 saturated heterocycles. The van der Waals surface area contributed by atoms with Gasteiger partial charge in [-0.05, 0) is 36.2 Å². The van der Waals surface area contributed by atoms with Gasteiger partial charge in [-0.2, -0.15) is 0 Å². The van der Waals surface area contributed by atoms with E-state index < -0.39 is 17.3 Å². The van der Waals surface area contributed by atoms with Gasteiger partial charge in [0.25, 0.3) is 5.56 Å². The molecule has 98 valence electrons. The van der Waals surface area contributed by atoms with E-state index in [2.05, 4.69) is 0 Å². The summed E-state index contributed by atoms with van der Waals surface area (Å²) in [5.74, 6) is -1.60. The van der Waals surface area contributed by atoms with Crippen molar-refractivity contribution in [3.63, 3.8) is 0 Å². The molecule has 0 aliphatic carbocycles. The minimum atomic E-state index is -1.19. The van der Waals surface area contributed by atoms with Crippen molar-refractivity contribution in [3.8, 4) is 0 Å². The van der Waals surface area contributed by atoms with Crippen molar-refractivity contribution in [2.75, 3.05) is 0 Å². The molecule has 0 bridgehead atoms. The number of carboxylic acid groups (broad SMARTS) is 1. The fourth-order valence-electron chi connectivity index (χ4n) is 1.85. The lowest BCUT2D eigenvalue weighted by Gasteiger charge is -2.11. The first-order chi connectivity index (χ1) is 8.99. The van der Waals surface area contributed by atoms with Crippen LogP contribution < -0.4 is 5.56 Å². The number of hydrogen-bond acceptors (Lipinski definition) is 2. The lowest BCUT2D eigenvalue weighted by molar-refractivity contribution is 0.0684. The van der Waals surface area contributed by atoms with Crippen LogP contribution in [0, 0.1) is 12.7 Å². The quantitative estimate of drug-likeness (QED) is 0.919. The molecule has 0 aliphatic heterocycles. The number of hydrogen-bond donors (Lipinski definition) is 1. The summed E-state index contributed by atoms with van der Waals surface area (Å²) in [6.07, 6.45) is 0.